The van der Waals surface area contributed by atoms with Gasteiger partial charge in [-0.3, -0.25) is 14.5 Å². The van der Waals surface area contributed by atoms with Gasteiger partial charge in [0.05, 0.1) is 17.0 Å². The molecule has 1 fully saturated rings. The first-order valence-corrected chi connectivity index (χ1v) is 11.3. The zero-order valence-corrected chi connectivity index (χ0v) is 19.9. The molecular weight excluding hydrogens is 428 g/mol. The molecule has 0 unspecified atom stereocenters. The summed E-state index contributed by atoms with van der Waals surface area (Å²) in [5.74, 6) is -0.282. The third kappa shape index (κ3) is 4.04. The molecule has 0 bridgehead atoms. The molecule has 0 aliphatic carbocycles. The lowest BCUT2D eigenvalue weighted by Crippen LogP contribution is -2.42. The lowest BCUT2D eigenvalue weighted by atomic mass is 9.88. The number of benzene rings is 2. The maximum atomic E-state index is 13.0. The van der Waals surface area contributed by atoms with Gasteiger partial charge in [-0.1, -0.05) is 47.5 Å². The Bertz CT molecular complexity index is 1170. The van der Waals surface area contributed by atoms with Gasteiger partial charge >= 0.3 is 0 Å². The number of nitrogens with zero attached hydrogens (tertiary/aromatic N) is 2. The van der Waals surface area contributed by atoms with E-state index in [1.165, 1.54) is 4.90 Å². The molecule has 1 saturated heterocycles. The molecule has 4 nitrogen and oxygen atoms in total. The molecule has 0 spiro atoms. The topological polar surface area (TPSA) is 40.6 Å². The summed E-state index contributed by atoms with van der Waals surface area (Å²) in [6, 6.07) is 11.8. The van der Waals surface area contributed by atoms with Crippen LogP contribution in [0.3, 0.4) is 0 Å². The standard InChI is InChI=1S/C25H25ClN2O2S/c1-15-7-6-8-17(9-15)14-28-23(29)22(31-24(28)30)11-18-10-19-16(2)13-25(3,4)27(5)21(19)12-20(18)26/h6-13H,14H2,1-5H3/b22-11+. The van der Waals surface area contributed by atoms with E-state index in [9.17, 15) is 9.59 Å². The van der Waals surface area contributed by atoms with Gasteiger partial charge in [-0.15, -0.1) is 0 Å². The summed E-state index contributed by atoms with van der Waals surface area (Å²) in [4.78, 5) is 29.4. The zero-order chi connectivity index (χ0) is 22.5. The fraction of sp³-hybridized carbons (Fsp3) is 0.280. The van der Waals surface area contributed by atoms with Crippen molar-refractivity contribution in [2.24, 2.45) is 0 Å². The third-order valence-electron chi connectivity index (χ3n) is 5.92. The highest BCUT2D eigenvalue weighted by atomic mass is 35.5. The van der Waals surface area contributed by atoms with Gasteiger partial charge in [0.1, 0.15) is 0 Å². The van der Waals surface area contributed by atoms with Crippen LogP contribution in [-0.2, 0) is 11.3 Å². The molecule has 2 amide bonds. The van der Waals surface area contributed by atoms with Gasteiger partial charge in [-0.2, -0.15) is 0 Å². The van der Waals surface area contributed by atoms with Crippen LogP contribution >= 0.6 is 23.4 Å². The monoisotopic (exact) mass is 452 g/mol. The average Bonchev–Trinajstić information content (AvgIpc) is 2.94. The second kappa shape index (κ2) is 7.88. The maximum Gasteiger partial charge on any atom is 0.293 e. The molecule has 0 radical (unpaired) electrons. The van der Waals surface area contributed by atoms with E-state index in [0.717, 1.165) is 45.3 Å². The van der Waals surface area contributed by atoms with Crippen molar-refractivity contribution in [3.8, 4) is 0 Å². The first-order chi connectivity index (χ1) is 14.6. The minimum Gasteiger partial charge on any atom is -0.365 e. The third-order valence-corrected chi connectivity index (χ3v) is 7.15. The Morgan fingerprint density at radius 2 is 1.87 bits per heavy atom. The Morgan fingerprint density at radius 1 is 1.13 bits per heavy atom. The summed E-state index contributed by atoms with van der Waals surface area (Å²) < 4.78 is 0. The molecule has 0 aromatic heterocycles. The van der Waals surface area contributed by atoms with E-state index in [-0.39, 0.29) is 23.2 Å². The fourth-order valence-electron chi connectivity index (χ4n) is 4.07. The number of hydrogen-bond donors (Lipinski definition) is 0. The lowest BCUT2D eigenvalue weighted by Gasteiger charge is -2.40. The first kappa shape index (κ1) is 21.7. The summed E-state index contributed by atoms with van der Waals surface area (Å²) in [6.45, 7) is 8.66. The first-order valence-electron chi connectivity index (χ1n) is 10.1. The lowest BCUT2D eigenvalue weighted by molar-refractivity contribution is -0.123. The molecule has 2 aliphatic heterocycles. The van der Waals surface area contributed by atoms with Crippen molar-refractivity contribution in [3.05, 3.63) is 74.7 Å². The largest absolute Gasteiger partial charge is 0.365 e. The quantitative estimate of drug-likeness (QED) is 0.497. The maximum absolute atomic E-state index is 13.0. The molecule has 0 saturated carbocycles. The molecule has 6 heteroatoms. The van der Waals surface area contributed by atoms with Crippen LogP contribution in [0.5, 0.6) is 0 Å². The Morgan fingerprint density at radius 3 is 2.58 bits per heavy atom. The van der Waals surface area contributed by atoms with Crippen molar-refractivity contribution >= 4 is 51.8 Å². The van der Waals surface area contributed by atoms with Crippen LogP contribution in [0.4, 0.5) is 10.5 Å². The van der Waals surface area contributed by atoms with Crippen LogP contribution in [0.1, 0.15) is 43.0 Å². The number of imide groups is 1. The smallest absolute Gasteiger partial charge is 0.293 e. The molecule has 2 aliphatic rings. The minimum absolute atomic E-state index is 0.111. The zero-order valence-electron chi connectivity index (χ0n) is 18.3. The second-order valence-corrected chi connectivity index (χ2v) is 10.1. The number of allylic oxidation sites excluding steroid dienone is 1. The Labute approximate surface area is 192 Å². The number of rotatable bonds is 3. The number of amides is 2. The number of carbonyl (C=O) groups is 2. The number of carbonyl (C=O) groups excluding carboxylic acids is 2. The van der Waals surface area contributed by atoms with Gasteiger partial charge in [0.2, 0.25) is 0 Å². The van der Waals surface area contributed by atoms with Crippen molar-refractivity contribution < 1.29 is 9.59 Å². The molecule has 160 valence electrons. The van der Waals surface area contributed by atoms with Crippen molar-refractivity contribution in [2.45, 2.75) is 39.8 Å². The van der Waals surface area contributed by atoms with Crippen LogP contribution in [0.15, 0.2) is 47.4 Å². The van der Waals surface area contributed by atoms with E-state index in [1.807, 2.05) is 43.3 Å². The van der Waals surface area contributed by atoms with E-state index in [2.05, 4.69) is 38.8 Å². The number of likely N-dealkylation sites (N-methyl/N-ethyl adjacent to an activating group) is 1. The van der Waals surface area contributed by atoms with E-state index in [4.69, 9.17) is 11.6 Å². The molecule has 0 atom stereocenters. The van der Waals surface area contributed by atoms with Crippen LogP contribution in [0, 0.1) is 6.92 Å². The number of thioether (sulfide) groups is 1. The summed E-state index contributed by atoms with van der Waals surface area (Å²) in [7, 11) is 2.05. The molecule has 0 N–H and O–H groups in total. The van der Waals surface area contributed by atoms with Crippen LogP contribution < -0.4 is 4.90 Å². The van der Waals surface area contributed by atoms with E-state index >= 15 is 0 Å². The van der Waals surface area contributed by atoms with E-state index < -0.39 is 0 Å². The number of halogens is 1. The van der Waals surface area contributed by atoms with Crippen LogP contribution in [0.25, 0.3) is 11.6 Å². The number of aryl methyl sites for hydroxylation is 1. The molecular formula is C25H25ClN2O2S. The highest BCUT2D eigenvalue weighted by Crippen LogP contribution is 2.42. The van der Waals surface area contributed by atoms with Gasteiger partial charge in [0, 0.05) is 23.3 Å². The summed E-state index contributed by atoms with van der Waals surface area (Å²) in [5.41, 5.74) is 5.95. The predicted octanol–water partition coefficient (Wildman–Crippen LogP) is 6.52. The molecule has 2 aromatic carbocycles. The summed E-state index contributed by atoms with van der Waals surface area (Å²) in [5, 5.41) is 0.297. The second-order valence-electron chi connectivity index (χ2n) is 8.69. The SMILES string of the molecule is CC1=CC(C)(C)N(C)c2cc(Cl)c(/C=C3/SC(=O)N(Cc4cccc(C)c4)C3=O)cc21. The van der Waals surface area contributed by atoms with Gasteiger partial charge in [-0.05, 0) is 74.4 Å². The molecule has 2 heterocycles. The fourth-order valence-corrected chi connectivity index (χ4v) is 5.11. The van der Waals surface area contributed by atoms with Gasteiger partial charge in [-0.25, -0.2) is 0 Å². The predicted molar refractivity (Wildman–Crippen MR) is 130 cm³/mol. The van der Waals surface area contributed by atoms with Gasteiger partial charge < -0.3 is 4.90 Å². The summed E-state index contributed by atoms with van der Waals surface area (Å²) >= 11 is 7.57. The van der Waals surface area contributed by atoms with Crippen molar-refractivity contribution in [2.75, 3.05) is 11.9 Å². The Balaban J connectivity index is 1.66. The normalized spacial score (nSPS) is 19.2. The van der Waals surface area contributed by atoms with Crippen LogP contribution in [0.2, 0.25) is 5.02 Å². The van der Waals surface area contributed by atoms with Crippen molar-refractivity contribution in [1.29, 1.82) is 0 Å². The number of anilines is 1. The van der Waals surface area contributed by atoms with Gasteiger partial charge in [0.25, 0.3) is 11.1 Å². The van der Waals surface area contributed by atoms with Crippen molar-refractivity contribution in [1.82, 2.24) is 4.90 Å². The van der Waals surface area contributed by atoms with Crippen molar-refractivity contribution in [3.63, 3.8) is 0 Å². The Hall–Kier alpha value is -2.50. The number of hydrogen-bond acceptors (Lipinski definition) is 4. The molecule has 31 heavy (non-hydrogen) atoms. The van der Waals surface area contributed by atoms with E-state index in [1.54, 1.807) is 6.08 Å². The highest BCUT2D eigenvalue weighted by Gasteiger charge is 2.35. The van der Waals surface area contributed by atoms with Gasteiger partial charge in [0.15, 0.2) is 0 Å². The molecule has 4 rings (SSSR count). The van der Waals surface area contributed by atoms with Crippen LogP contribution in [-0.4, -0.2) is 28.6 Å². The van der Waals surface area contributed by atoms with E-state index in [0.29, 0.717) is 9.93 Å². The summed E-state index contributed by atoms with van der Waals surface area (Å²) in [6.07, 6.45) is 3.96. The Kier molecular flexibility index (Phi) is 5.52. The average molecular weight is 453 g/mol. The highest BCUT2D eigenvalue weighted by molar-refractivity contribution is 8.18. The number of fused-ring (bicyclic) bond motifs is 1. The minimum atomic E-state index is -0.282. The molecule has 2 aromatic rings.